The van der Waals surface area contributed by atoms with Crippen LogP contribution in [0.1, 0.15) is 12.0 Å². The van der Waals surface area contributed by atoms with Crippen molar-refractivity contribution in [2.45, 2.75) is 13.3 Å². The highest BCUT2D eigenvalue weighted by Gasteiger charge is 1.96. The van der Waals surface area contributed by atoms with Gasteiger partial charge in [-0.1, -0.05) is 12.1 Å². The molecule has 0 unspecified atom stereocenters. The summed E-state index contributed by atoms with van der Waals surface area (Å²) in [6.45, 7) is 3.99. The number of hydrazine groups is 1. The Hall–Kier alpha value is -1.33. The van der Waals surface area contributed by atoms with Crippen LogP contribution in [0.4, 0.5) is 5.69 Å². The van der Waals surface area contributed by atoms with Gasteiger partial charge in [-0.3, -0.25) is 10.9 Å². The van der Waals surface area contributed by atoms with Gasteiger partial charge < -0.3 is 10.2 Å². The number of hydrogen-bond acceptors (Lipinski definition) is 3. The maximum Gasteiger partial charge on any atom is 0.185 e. The summed E-state index contributed by atoms with van der Waals surface area (Å²) in [7, 11) is 4.13. The summed E-state index contributed by atoms with van der Waals surface area (Å²) in [6.07, 6.45) is 1.07. The van der Waals surface area contributed by atoms with Gasteiger partial charge >= 0.3 is 0 Å². The molecule has 0 saturated heterocycles. The van der Waals surface area contributed by atoms with E-state index >= 15 is 0 Å². The van der Waals surface area contributed by atoms with Crippen LogP contribution in [0.5, 0.6) is 0 Å². The first-order valence-electron chi connectivity index (χ1n) is 6.09. The second kappa shape index (κ2) is 7.89. The number of nitrogens with zero attached hydrogens (tertiary/aromatic N) is 1. The zero-order valence-corrected chi connectivity index (χ0v) is 12.1. The topological polar surface area (TPSA) is 39.3 Å². The quantitative estimate of drug-likeness (QED) is 0.416. The van der Waals surface area contributed by atoms with E-state index in [0.29, 0.717) is 5.11 Å². The van der Waals surface area contributed by atoms with Crippen molar-refractivity contribution in [3.8, 4) is 0 Å². The third-order valence-corrected chi connectivity index (χ3v) is 2.65. The van der Waals surface area contributed by atoms with Crippen LogP contribution >= 0.6 is 12.2 Å². The van der Waals surface area contributed by atoms with Crippen LogP contribution in [0.25, 0.3) is 0 Å². The lowest BCUT2D eigenvalue weighted by Crippen LogP contribution is -2.39. The molecule has 0 saturated carbocycles. The molecular weight excluding hydrogens is 244 g/mol. The molecule has 0 bridgehead atoms. The standard InChI is InChI=1S/C13H22N4S/c1-11-6-4-7-12(10-11)15-16-13(18)14-8-5-9-17(2)3/h4,6-7,10,15H,5,8-9H2,1-3H3,(H2,14,16,18). The van der Waals surface area contributed by atoms with Crippen LogP contribution in [0.15, 0.2) is 24.3 Å². The van der Waals surface area contributed by atoms with E-state index < -0.39 is 0 Å². The van der Waals surface area contributed by atoms with Crippen molar-refractivity contribution >= 4 is 23.0 Å². The minimum absolute atomic E-state index is 0.621. The molecule has 0 aromatic heterocycles. The lowest BCUT2D eigenvalue weighted by Gasteiger charge is -2.14. The Labute approximate surface area is 115 Å². The summed E-state index contributed by atoms with van der Waals surface area (Å²) in [5, 5.41) is 3.77. The molecule has 0 radical (unpaired) electrons. The Morgan fingerprint density at radius 3 is 2.78 bits per heavy atom. The normalized spacial score (nSPS) is 10.2. The zero-order chi connectivity index (χ0) is 13.4. The van der Waals surface area contributed by atoms with Crippen molar-refractivity contribution < 1.29 is 0 Å². The molecule has 0 atom stereocenters. The molecule has 0 heterocycles. The predicted molar refractivity (Wildman–Crippen MR) is 81.7 cm³/mol. The van der Waals surface area contributed by atoms with E-state index in [1.54, 1.807) is 0 Å². The average Bonchev–Trinajstić information content (AvgIpc) is 2.32. The SMILES string of the molecule is Cc1cccc(NNC(=S)NCCCN(C)C)c1. The molecule has 0 spiro atoms. The maximum absolute atomic E-state index is 5.17. The molecular formula is C13H22N4S. The van der Waals surface area contributed by atoms with E-state index in [4.69, 9.17) is 12.2 Å². The largest absolute Gasteiger partial charge is 0.361 e. The van der Waals surface area contributed by atoms with Gasteiger partial charge in [0.15, 0.2) is 5.11 Å². The molecule has 4 nitrogen and oxygen atoms in total. The molecule has 1 aromatic carbocycles. The van der Waals surface area contributed by atoms with Gasteiger partial charge in [0, 0.05) is 6.54 Å². The second-order valence-corrected chi connectivity index (χ2v) is 4.94. The summed E-state index contributed by atoms with van der Waals surface area (Å²) in [5.41, 5.74) is 8.26. The van der Waals surface area contributed by atoms with Crippen molar-refractivity contribution in [1.82, 2.24) is 15.6 Å². The third kappa shape index (κ3) is 6.42. The first-order chi connectivity index (χ1) is 8.58. The first-order valence-corrected chi connectivity index (χ1v) is 6.50. The number of rotatable bonds is 6. The van der Waals surface area contributed by atoms with Crippen molar-refractivity contribution in [3.05, 3.63) is 29.8 Å². The molecule has 0 aliphatic carbocycles. The number of nitrogens with one attached hydrogen (secondary N) is 3. The Bertz CT molecular complexity index is 379. The zero-order valence-electron chi connectivity index (χ0n) is 11.3. The third-order valence-electron chi connectivity index (χ3n) is 2.41. The van der Waals surface area contributed by atoms with Crippen LogP contribution in [-0.2, 0) is 0 Å². The molecule has 3 N–H and O–H groups in total. The minimum atomic E-state index is 0.621. The molecule has 5 heteroatoms. The highest BCUT2D eigenvalue weighted by atomic mass is 32.1. The number of thiocarbonyl (C=S) groups is 1. The van der Waals surface area contributed by atoms with E-state index in [2.05, 4.69) is 54.2 Å². The van der Waals surface area contributed by atoms with Crippen molar-refractivity contribution in [1.29, 1.82) is 0 Å². The van der Waals surface area contributed by atoms with Crippen LogP contribution in [0, 0.1) is 6.92 Å². The molecule has 100 valence electrons. The monoisotopic (exact) mass is 266 g/mol. The van der Waals surface area contributed by atoms with E-state index in [1.807, 2.05) is 12.1 Å². The number of benzene rings is 1. The molecule has 1 aromatic rings. The Kier molecular flexibility index (Phi) is 6.46. The van der Waals surface area contributed by atoms with Gasteiger partial charge in [0.05, 0.1) is 5.69 Å². The van der Waals surface area contributed by atoms with Crippen LogP contribution in [-0.4, -0.2) is 37.2 Å². The van der Waals surface area contributed by atoms with Gasteiger partial charge in [0.2, 0.25) is 0 Å². The van der Waals surface area contributed by atoms with E-state index in [1.165, 1.54) is 5.56 Å². The van der Waals surface area contributed by atoms with Gasteiger partial charge in [0.25, 0.3) is 0 Å². The summed E-state index contributed by atoms with van der Waals surface area (Å²) < 4.78 is 0. The number of aryl methyl sites for hydroxylation is 1. The van der Waals surface area contributed by atoms with E-state index in [-0.39, 0.29) is 0 Å². The number of hydrogen-bond donors (Lipinski definition) is 3. The first kappa shape index (κ1) is 14.7. The summed E-state index contributed by atoms with van der Waals surface area (Å²) in [4.78, 5) is 2.16. The van der Waals surface area contributed by atoms with Crippen molar-refractivity contribution in [3.63, 3.8) is 0 Å². The predicted octanol–water partition coefficient (Wildman–Crippen LogP) is 1.74. The summed E-state index contributed by atoms with van der Waals surface area (Å²) in [5.74, 6) is 0. The van der Waals surface area contributed by atoms with Gasteiger partial charge in [0.1, 0.15) is 0 Å². The average molecular weight is 266 g/mol. The lowest BCUT2D eigenvalue weighted by molar-refractivity contribution is 0.400. The van der Waals surface area contributed by atoms with E-state index in [0.717, 1.165) is 25.2 Å². The van der Waals surface area contributed by atoms with Gasteiger partial charge in [-0.15, -0.1) is 0 Å². The van der Waals surface area contributed by atoms with Crippen LogP contribution in [0.3, 0.4) is 0 Å². The maximum atomic E-state index is 5.17. The van der Waals surface area contributed by atoms with Gasteiger partial charge in [-0.05, 0) is 63.9 Å². The molecule has 1 rings (SSSR count). The van der Waals surface area contributed by atoms with Gasteiger partial charge in [-0.25, -0.2) is 0 Å². The van der Waals surface area contributed by atoms with Crippen LogP contribution in [0.2, 0.25) is 0 Å². The smallest absolute Gasteiger partial charge is 0.185 e. The Balaban J connectivity index is 2.17. The number of anilines is 1. The summed E-state index contributed by atoms with van der Waals surface area (Å²) in [6, 6.07) is 8.12. The fourth-order valence-corrected chi connectivity index (χ4v) is 1.65. The molecule has 0 amide bonds. The lowest BCUT2D eigenvalue weighted by atomic mass is 10.2. The molecule has 0 aliphatic heterocycles. The second-order valence-electron chi connectivity index (χ2n) is 4.53. The Morgan fingerprint density at radius 1 is 1.33 bits per heavy atom. The molecule has 0 fully saturated rings. The summed E-state index contributed by atoms with van der Waals surface area (Å²) >= 11 is 5.17. The molecule has 0 aliphatic rings. The highest BCUT2D eigenvalue weighted by Crippen LogP contribution is 2.07. The van der Waals surface area contributed by atoms with Crippen molar-refractivity contribution in [2.75, 3.05) is 32.6 Å². The van der Waals surface area contributed by atoms with Crippen LogP contribution < -0.4 is 16.2 Å². The van der Waals surface area contributed by atoms with Gasteiger partial charge in [-0.2, -0.15) is 0 Å². The van der Waals surface area contributed by atoms with Crippen molar-refractivity contribution in [2.24, 2.45) is 0 Å². The van der Waals surface area contributed by atoms with E-state index in [9.17, 15) is 0 Å². The highest BCUT2D eigenvalue weighted by molar-refractivity contribution is 7.80. The fraction of sp³-hybridized carbons (Fsp3) is 0.462. The minimum Gasteiger partial charge on any atom is -0.361 e. The molecule has 18 heavy (non-hydrogen) atoms. The fourth-order valence-electron chi connectivity index (χ4n) is 1.49. The Morgan fingerprint density at radius 2 is 2.11 bits per heavy atom.